The van der Waals surface area contributed by atoms with Crippen molar-refractivity contribution in [3.05, 3.63) is 29.8 Å². The van der Waals surface area contributed by atoms with E-state index in [4.69, 9.17) is 4.18 Å². The lowest BCUT2D eigenvalue weighted by atomic mass is 9.87. The first kappa shape index (κ1) is 15.2. The van der Waals surface area contributed by atoms with Gasteiger partial charge in [-0.15, -0.1) is 0 Å². The molecule has 1 aromatic rings. The van der Waals surface area contributed by atoms with Gasteiger partial charge in [0.25, 0.3) is 10.1 Å². The van der Waals surface area contributed by atoms with Gasteiger partial charge >= 0.3 is 0 Å². The Kier molecular flexibility index (Phi) is 4.56. The predicted molar refractivity (Wildman–Crippen MR) is 73.1 cm³/mol. The van der Waals surface area contributed by atoms with Crippen LogP contribution in [-0.4, -0.2) is 15.0 Å². The molecular formula is C14H22O3S. The smallest absolute Gasteiger partial charge is 0.266 e. The lowest BCUT2D eigenvalue weighted by molar-refractivity contribution is 0.274. The van der Waals surface area contributed by atoms with Gasteiger partial charge in [-0.2, -0.15) is 8.42 Å². The molecule has 18 heavy (non-hydrogen) atoms. The van der Waals surface area contributed by atoms with Crippen molar-refractivity contribution < 1.29 is 12.6 Å². The molecule has 1 rings (SSSR count). The van der Waals surface area contributed by atoms with Gasteiger partial charge in [-0.1, -0.05) is 52.8 Å². The molecule has 0 heterocycles. The predicted octanol–water partition coefficient (Wildman–Crippen LogP) is 3.35. The fraction of sp³-hybridized carbons (Fsp3) is 0.571. The molecule has 0 aliphatic heterocycles. The minimum atomic E-state index is -3.67. The summed E-state index contributed by atoms with van der Waals surface area (Å²) in [6, 6.07) is 7.02. The maximum atomic E-state index is 12.2. The van der Waals surface area contributed by atoms with Gasteiger partial charge in [-0.05, 0) is 23.0 Å². The fourth-order valence-corrected chi connectivity index (χ4v) is 3.06. The van der Waals surface area contributed by atoms with E-state index in [2.05, 4.69) is 0 Å². The molecule has 4 heteroatoms. The zero-order valence-electron chi connectivity index (χ0n) is 11.7. The molecule has 3 nitrogen and oxygen atoms in total. The summed E-state index contributed by atoms with van der Waals surface area (Å²) >= 11 is 0. The molecule has 0 atom stereocenters. The van der Waals surface area contributed by atoms with Crippen LogP contribution in [0.3, 0.4) is 0 Å². The quantitative estimate of drug-likeness (QED) is 0.788. The van der Waals surface area contributed by atoms with E-state index in [9.17, 15) is 8.42 Å². The minimum Gasteiger partial charge on any atom is -0.266 e. The van der Waals surface area contributed by atoms with Gasteiger partial charge in [-0.25, -0.2) is 0 Å². The first-order valence-corrected chi connectivity index (χ1v) is 7.54. The molecule has 102 valence electrons. The molecule has 0 saturated carbocycles. The Bertz CT molecular complexity index is 496. The normalized spacial score (nSPS) is 13.0. The molecule has 0 unspecified atom stereocenters. The second kappa shape index (κ2) is 5.41. The first-order chi connectivity index (χ1) is 8.14. The van der Waals surface area contributed by atoms with Crippen LogP contribution in [0.1, 0.15) is 40.2 Å². The number of benzene rings is 1. The van der Waals surface area contributed by atoms with Crippen LogP contribution in [0, 0.1) is 5.92 Å². The summed E-state index contributed by atoms with van der Waals surface area (Å²) in [5.74, 6) is 0.182. The highest BCUT2D eigenvalue weighted by Gasteiger charge is 2.26. The van der Waals surface area contributed by atoms with Crippen LogP contribution in [-0.2, 0) is 19.7 Å². The number of hydrogen-bond acceptors (Lipinski definition) is 3. The van der Waals surface area contributed by atoms with Crippen molar-refractivity contribution in [1.29, 1.82) is 0 Å². The van der Waals surface area contributed by atoms with Crippen molar-refractivity contribution in [3.8, 4) is 0 Å². The summed E-state index contributed by atoms with van der Waals surface area (Å²) in [4.78, 5) is 0.276. The zero-order chi connectivity index (χ0) is 14.0. The fourth-order valence-electron chi connectivity index (χ4n) is 1.59. The lowest BCUT2D eigenvalue weighted by Gasteiger charge is -2.22. The van der Waals surface area contributed by atoms with Crippen LogP contribution in [0.15, 0.2) is 29.2 Å². The van der Waals surface area contributed by atoms with Gasteiger partial charge in [0.15, 0.2) is 0 Å². The molecule has 0 aromatic heterocycles. The SMILES string of the molecule is CC(C)COS(=O)(=O)c1ccccc1C(C)(C)C. The average Bonchev–Trinajstić information content (AvgIpc) is 2.25. The van der Waals surface area contributed by atoms with E-state index in [-0.39, 0.29) is 22.8 Å². The highest BCUT2D eigenvalue weighted by atomic mass is 32.2. The van der Waals surface area contributed by atoms with Gasteiger partial charge in [0.2, 0.25) is 0 Å². The Hall–Kier alpha value is -0.870. The molecule has 0 amide bonds. The molecule has 0 spiro atoms. The minimum absolute atomic E-state index is 0.182. The summed E-state index contributed by atoms with van der Waals surface area (Å²) in [5.41, 5.74) is 0.555. The topological polar surface area (TPSA) is 43.4 Å². The van der Waals surface area contributed by atoms with E-state index in [0.29, 0.717) is 0 Å². The van der Waals surface area contributed by atoms with E-state index in [0.717, 1.165) is 5.56 Å². The van der Waals surface area contributed by atoms with Gasteiger partial charge in [0.1, 0.15) is 0 Å². The average molecular weight is 270 g/mol. The Balaban J connectivity index is 3.17. The molecule has 0 radical (unpaired) electrons. The highest BCUT2D eigenvalue weighted by molar-refractivity contribution is 7.86. The second-order valence-electron chi connectivity index (χ2n) is 5.88. The van der Waals surface area contributed by atoms with Crippen LogP contribution < -0.4 is 0 Å². The van der Waals surface area contributed by atoms with E-state index < -0.39 is 10.1 Å². The molecule has 0 saturated heterocycles. The van der Waals surface area contributed by atoms with Crippen LogP contribution in [0.4, 0.5) is 0 Å². The van der Waals surface area contributed by atoms with Crippen molar-refractivity contribution in [2.45, 2.75) is 44.9 Å². The molecule has 0 aliphatic rings. The zero-order valence-corrected chi connectivity index (χ0v) is 12.5. The van der Waals surface area contributed by atoms with Crippen LogP contribution in [0.25, 0.3) is 0 Å². The maximum Gasteiger partial charge on any atom is 0.297 e. The van der Waals surface area contributed by atoms with Crippen molar-refractivity contribution in [2.24, 2.45) is 5.92 Å². The summed E-state index contributed by atoms with van der Waals surface area (Å²) in [6.45, 7) is 10.0. The van der Waals surface area contributed by atoms with Crippen molar-refractivity contribution >= 4 is 10.1 Å². The first-order valence-electron chi connectivity index (χ1n) is 6.13. The summed E-state index contributed by atoms with van der Waals surface area (Å²) in [5, 5.41) is 0. The van der Waals surface area contributed by atoms with Crippen molar-refractivity contribution in [3.63, 3.8) is 0 Å². The van der Waals surface area contributed by atoms with E-state index in [1.807, 2.05) is 46.8 Å². The summed E-state index contributed by atoms with van der Waals surface area (Å²) in [7, 11) is -3.67. The number of hydrogen-bond donors (Lipinski definition) is 0. The van der Waals surface area contributed by atoms with E-state index in [1.165, 1.54) is 0 Å². The largest absolute Gasteiger partial charge is 0.297 e. The van der Waals surface area contributed by atoms with Gasteiger partial charge < -0.3 is 0 Å². The summed E-state index contributed by atoms with van der Waals surface area (Å²) < 4.78 is 29.4. The highest BCUT2D eigenvalue weighted by Crippen LogP contribution is 2.29. The van der Waals surface area contributed by atoms with Crippen LogP contribution >= 0.6 is 0 Å². The van der Waals surface area contributed by atoms with Gasteiger partial charge in [0.05, 0.1) is 11.5 Å². The molecule has 0 N–H and O–H groups in total. The van der Waals surface area contributed by atoms with Gasteiger partial charge in [0, 0.05) is 0 Å². The van der Waals surface area contributed by atoms with E-state index in [1.54, 1.807) is 12.1 Å². The van der Waals surface area contributed by atoms with Crippen LogP contribution in [0.2, 0.25) is 0 Å². The van der Waals surface area contributed by atoms with Crippen molar-refractivity contribution in [1.82, 2.24) is 0 Å². The second-order valence-corrected chi connectivity index (χ2v) is 7.46. The molecule has 0 bridgehead atoms. The molecule has 0 fully saturated rings. The lowest BCUT2D eigenvalue weighted by Crippen LogP contribution is -2.19. The third-order valence-corrected chi connectivity index (χ3v) is 3.86. The Labute approximate surface area is 110 Å². The maximum absolute atomic E-state index is 12.2. The molecule has 1 aromatic carbocycles. The van der Waals surface area contributed by atoms with Crippen molar-refractivity contribution in [2.75, 3.05) is 6.61 Å². The Morgan fingerprint density at radius 3 is 2.22 bits per heavy atom. The molecular weight excluding hydrogens is 248 g/mol. The van der Waals surface area contributed by atoms with Gasteiger partial charge in [-0.3, -0.25) is 4.18 Å². The summed E-state index contributed by atoms with van der Waals surface area (Å²) in [6.07, 6.45) is 0. The van der Waals surface area contributed by atoms with Crippen LogP contribution in [0.5, 0.6) is 0 Å². The number of rotatable bonds is 4. The third-order valence-electron chi connectivity index (χ3n) is 2.52. The third kappa shape index (κ3) is 3.82. The molecule has 0 aliphatic carbocycles. The van der Waals surface area contributed by atoms with E-state index >= 15 is 0 Å². The Morgan fingerprint density at radius 2 is 1.72 bits per heavy atom. The standard InChI is InChI=1S/C14H22O3S/c1-11(2)10-17-18(15,16)13-9-7-6-8-12(13)14(3,4)5/h6-9,11H,10H2,1-5H3. The Morgan fingerprint density at radius 1 is 1.17 bits per heavy atom. The monoisotopic (exact) mass is 270 g/mol.